The van der Waals surface area contributed by atoms with E-state index in [9.17, 15) is 0 Å². The highest BCUT2D eigenvalue weighted by molar-refractivity contribution is 5.05. The summed E-state index contributed by atoms with van der Waals surface area (Å²) in [6.45, 7) is 3.24. The van der Waals surface area contributed by atoms with Gasteiger partial charge in [0.25, 0.3) is 0 Å². The van der Waals surface area contributed by atoms with Gasteiger partial charge in [-0.1, -0.05) is 18.1 Å². The SMILES string of the molecule is NCC1CCCN1CC=C1CCCCC1. The zero-order valence-corrected chi connectivity index (χ0v) is 9.75. The van der Waals surface area contributed by atoms with E-state index in [1.54, 1.807) is 5.57 Å². The van der Waals surface area contributed by atoms with Gasteiger partial charge in [0.2, 0.25) is 0 Å². The van der Waals surface area contributed by atoms with Crippen LogP contribution >= 0.6 is 0 Å². The van der Waals surface area contributed by atoms with Gasteiger partial charge in [0.15, 0.2) is 0 Å². The maximum atomic E-state index is 5.77. The van der Waals surface area contributed by atoms with E-state index in [1.807, 2.05) is 0 Å². The molecule has 0 aromatic carbocycles. The van der Waals surface area contributed by atoms with Crippen molar-refractivity contribution in [1.82, 2.24) is 4.90 Å². The predicted octanol–water partition coefficient (Wildman–Crippen LogP) is 2.30. The summed E-state index contributed by atoms with van der Waals surface area (Å²) in [6.07, 6.45) is 12.1. The molecule has 1 heterocycles. The second-order valence-electron chi connectivity index (χ2n) is 4.95. The predicted molar refractivity (Wildman–Crippen MR) is 64.8 cm³/mol. The van der Waals surface area contributed by atoms with Crippen LogP contribution in [0.25, 0.3) is 0 Å². The van der Waals surface area contributed by atoms with Crippen LogP contribution in [-0.4, -0.2) is 30.6 Å². The molecule has 1 aliphatic carbocycles. The Morgan fingerprint density at radius 3 is 2.73 bits per heavy atom. The Morgan fingerprint density at radius 1 is 1.20 bits per heavy atom. The Balaban J connectivity index is 1.80. The van der Waals surface area contributed by atoms with E-state index in [0.717, 1.165) is 13.1 Å². The van der Waals surface area contributed by atoms with Gasteiger partial charge >= 0.3 is 0 Å². The van der Waals surface area contributed by atoms with Crippen LogP contribution in [0.3, 0.4) is 0 Å². The van der Waals surface area contributed by atoms with Crippen molar-refractivity contribution in [2.45, 2.75) is 51.0 Å². The van der Waals surface area contributed by atoms with Crippen molar-refractivity contribution in [3.05, 3.63) is 11.6 Å². The fourth-order valence-electron chi connectivity index (χ4n) is 2.86. The normalized spacial score (nSPS) is 28.3. The smallest absolute Gasteiger partial charge is 0.0222 e. The fourth-order valence-corrected chi connectivity index (χ4v) is 2.86. The van der Waals surface area contributed by atoms with Crippen molar-refractivity contribution >= 4 is 0 Å². The lowest BCUT2D eigenvalue weighted by atomic mass is 9.95. The van der Waals surface area contributed by atoms with Crippen molar-refractivity contribution in [3.63, 3.8) is 0 Å². The molecule has 2 heteroatoms. The van der Waals surface area contributed by atoms with Gasteiger partial charge in [-0.3, -0.25) is 4.90 Å². The first-order chi connectivity index (χ1) is 7.40. The topological polar surface area (TPSA) is 29.3 Å². The molecule has 0 spiro atoms. The van der Waals surface area contributed by atoms with Crippen LogP contribution < -0.4 is 5.73 Å². The summed E-state index contributed by atoms with van der Waals surface area (Å²) in [5.41, 5.74) is 7.47. The van der Waals surface area contributed by atoms with Gasteiger partial charge in [-0.25, -0.2) is 0 Å². The monoisotopic (exact) mass is 208 g/mol. The Bertz CT molecular complexity index is 215. The Hall–Kier alpha value is -0.340. The highest BCUT2D eigenvalue weighted by Crippen LogP contribution is 2.23. The summed E-state index contributed by atoms with van der Waals surface area (Å²) < 4.78 is 0. The first-order valence-electron chi connectivity index (χ1n) is 6.52. The zero-order chi connectivity index (χ0) is 10.5. The molecule has 2 aliphatic rings. The molecular formula is C13H24N2. The second kappa shape index (κ2) is 5.66. The first kappa shape index (κ1) is 11.2. The molecule has 2 fully saturated rings. The lowest BCUT2D eigenvalue weighted by molar-refractivity contribution is 0.285. The van der Waals surface area contributed by atoms with Gasteiger partial charge in [0, 0.05) is 19.1 Å². The van der Waals surface area contributed by atoms with Crippen LogP contribution in [0.1, 0.15) is 44.9 Å². The standard InChI is InChI=1S/C13H24N2/c14-11-13-7-4-9-15(13)10-8-12-5-2-1-3-6-12/h8,13H,1-7,9-11,14H2. The van der Waals surface area contributed by atoms with Gasteiger partial charge in [-0.2, -0.15) is 0 Å². The van der Waals surface area contributed by atoms with E-state index in [4.69, 9.17) is 5.73 Å². The molecule has 2 rings (SSSR count). The quantitative estimate of drug-likeness (QED) is 0.721. The highest BCUT2D eigenvalue weighted by atomic mass is 15.2. The zero-order valence-electron chi connectivity index (χ0n) is 9.75. The summed E-state index contributed by atoms with van der Waals surface area (Å²) in [4.78, 5) is 2.56. The molecule has 15 heavy (non-hydrogen) atoms. The third-order valence-electron chi connectivity index (χ3n) is 3.88. The van der Waals surface area contributed by atoms with Crippen LogP contribution in [0.15, 0.2) is 11.6 Å². The molecule has 1 aliphatic heterocycles. The third kappa shape index (κ3) is 3.05. The third-order valence-corrected chi connectivity index (χ3v) is 3.88. The molecule has 1 unspecified atom stereocenters. The average molecular weight is 208 g/mol. The number of rotatable bonds is 3. The number of hydrogen-bond acceptors (Lipinski definition) is 2. The minimum absolute atomic E-state index is 0.658. The van der Waals surface area contributed by atoms with Crippen LogP contribution in [0.4, 0.5) is 0 Å². The molecule has 0 aromatic rings. The van der Waals surface area contributed by atoms with Crippen molar-refractivity contribution in [2.75, 3.05) is 19.6 Å². The van der Waals surface area contributed by atoms with Crippen LogP contribution in [0.2, 0.25) is 0 Å². The lowest BCUT2D eigenvalue weighted by Crippen LogP contribution is -2.35. The summed E-state index contributed by atoms with van der Waals surface area (Å²) in [7, 11) is 0. The van der Waals surface area contributed by atoms with Crippen LogP contribution in [-0.2, 0) is 0 Å². The number of allylic oxidation sites excluding steroid dienone is 1. The van der Waals surface area contributed by atoms with Gasteiger partial charge in [-0.15, -0.1) is 0 Å². The molecular weight excluding hydrogens is 184 g/mol. The van der Waals surface area contributed by atoms with E-state index >= 15 is 0 Å². The molecule has 2 N–H and O–H groups in total. The Morgan fingerprint density at radius 2 is 2.00 bits per heavy atom. The van der Waals surface area contributed by atoms with Gasteiger partial charge in [-0.05, 0) is 45.1 Å². The van der Waals surface area contributed by atoms with E-state index in [2.05, 4.69) is 11.0 Å². The van der Waals surface area contributed by atoms with E-state index < -0.39 is 0 Å². The minimum atomic E-state index is 0.658. The lowest BCUT2D eigenvalue weighted by Gasteiger charge is -2.22. The van der Waals surface area contributed by atoms with Crippen LogP contribution in [0.5, 0.6) is 0 Å². The maximum Gasteiger partial charge on any atom is 0.0222 e. The minimum Gasteiger partial charge on any atom is -0.329 e. The first-order valence-corrected chi connectivity index (χ1v) is 6.52. The maximum absolute atomic E-state index is 5.77. The molecule has 1 atom stereocenters. The number of likely N-dealkylation sites (tertiary alicyclic amines) is 1. The second-order valence-corrected chi connectivity index (χ2v) is 4.95. The summed E-state index contributed by atoms with van der Waals surface area (Å²) in [5.74, 6) is 0. The largest absolute Gasteiger partial charge is 0.329 e. The van der Waals surface area contributed by atoms with Gasteiger partial charge in [0.1, 0.15) is 0 Å². The van der Waals surface area contributed by atoms with Crippen molar-refractivity contribution in [1.29, 1.82) is 0 Å². The summed E-state index contributed by atoms with van der Waals surface area (Å²) >= 11 is 0. The van der Waals surface area contributed by atoms with E-state index in [0.29, 0.717) is 6.04 Å². The molecule has 0 amide bonds. The molecule has 1 saturated carbocycles. The van der Waals surface area contributed by atoms with Crippen molar-refractivity contribution in [3.8, 4) is 0 Å². The van der Waals surface area contributed by atoms with Gasteiger partial charge < -0.3 is 5.73 Å². The molecule has 0 radical (unpaired) electrons. The van der Waals surface area contributed by atoms with Crippen LogP contribution in [0, 0.1) is 0 Å². The van der Waals surface area contributed by atoms with E-state index in [-0.39, 0.29) is 0 Å². The van der Waals surface area contributed by atoms with Crippen molar-refractivity contribution < 1.29 is 0 Å². The Kier molecular flexibility index (Phi) is 4.21. The molecule has 0 bridgehead atoms. The number of nitrogens with two attached hydrogens (primary N) is 1. The highest BCUT2D eigenvalue weighted by Gasteiger charge is 2.21. The summed E-state index contributed by atoms with van der Waals surface area (Å²) in [5, 5.41) is 0. The van der Waals surface area contributed by atoms with E-state index in [1.165, 1.54) is 51.5 Å². The summed E-state index contributed by atoms with van der Waals surface area (Å²) in [6, 6.07) is 0.658. The van der Waals surface area contributed by atoms with Gasteiger partial charge in [0.05, 0.1) is 0 Å². The van der Waals surface area contributed by atoms with Crippen molar-refractivity contribution in [2.24, 2.45) is 5.73 Å². The number of nitrogens with zero attached hydrogens (tertiary/aromatic N) is 1. The molecule has 1 saturated heterocycles. The fraction of sp³-hybridized carbons (Fsp3) is 0.846. The molecule has 0 aromatic heterocycles. The molecule has 86 valence electrons. The molecule has 2 nitrogen and oxygen atoms in total. The number of hydrogen-bond donors (Lipinski definition) is 1. The average Bonchev–Trinajstić information content (AvgIpc) is 2.75. The Labute approximate surface area is 93.5 Å².